The van der Waals surface area contributed by atoms with Crippen molar-refractivity contribution in [2.75, 3.05) is 38.3 Å². The van der Waals surface area contributed by atoms with Gasteiger partial charge >= 0.3 is 0 Å². The molecule has 1 aliphatic rings. The van der Waals surface area contributed by atoms with Gasteiger partial charge in [-0.1, -0.05) is 6.07 Å². The number of imidazole rings is 1. The second-order valence-electron chi connectivity index (χ2n) is 6.84. The van der Waals surface area contributed by atoms with Crippen LogP contribution in [0.2, 0.25) is 0 Å². The number of piperazine rings is 1. The molecular formula is C19H23FN6O2. The third-order valence-electron chi connectivity index (χ3n) is 5.20. The first kappa shape index (κ1) is 18.6. The molecule has 148 valence electrons. The van der Waals surface area contributed by atoms with Crippen molar-refractivity contribution < 1.29 is 14.2 Å². The van der Waals surface area contributed by atoms with Gasteiger partial charge in [-0.15, -0.1) is 0 Å². The van der Waals surface area contributed by atoms with Crippen LogP contribution in [-0.2, 0) is 6.54 Å². The van der Waals surface area contributed by atoms with Crippen LogP contribution in [0.15, 0.2) is 30.9 Å². The minimum absolute atomic E-state index is 0.0728. The van der Waals surface area contributed by atoms with Gasteiger partial charge in [0.2, 0.25) is 0 Å². The van der Waals surface area contributed by atoms with E-state index in [4.69, 9.17) is 4.74 Å². The van der Waals surface area contributed by atoms with E-state index in [1.54, 1.807) is 18.5 Å². The van der Waals surface area contributed by atoms with Gasteiger partial charge in [-0.25, -0.2) is 19.3 Å². The summed E-state index contributed by atoms with van der Waals surface area (Å²) in [5.74, 6) is 1.03. The number of ether oxygens (including phenoxy) is 1. The fourth-order valence-corrected chi connectivity index (χ4v) is 3.71. The maximum atomic E-state index is 14.4. The molecule has 9 heteroatoms. The molecule has 3 aromatic rings. The second kappa shape index (κ2) is 8.07. The number of methoxy groups -OCH3 is 1. The number of anilines is 1. The first-order valence-electron chi connectivity index (χ1n) is 9.26. The van der Waals surface area contributed by atoms with Gasteiger partial charge in [-0.3, -0.25) is 4.90 Å². The maximum absolute atomic E-state index is 14.4. The molecule has 0 amide bonds. The Hall–Kier alpha value is -2.78. The molecule has 0 spiro atoms. The molecule has 8 nitrogen and oxygen atoms in total. The molecule has 4 rings (SSSR count). The van der Waals surface area contributed by atoms with E-state index in [1.807, 2.05) is 0 Å². The van der Waals surface area contributed by atoms with Crippen LogP contribution in [0.5, 0.6) is 5.75 Å². The monoisotopic (exact) mass is 386 g/mol. The van der Waals surface area contributed by atoms with Gasteiger partial charge < -0.3 is 19.7 Å². The lowest BCUT2D eigenvalue weighted by Gasteiger charge is -2.42. The van der Waals surface area contributed by atoms with E-state index in [0.29, 0.717) is 36.5 Å². The zero-order valence-corrected chi connectivity index (χ0v) is 15.7. The van der Waals surface area contributed by atoms with Crippen molar-refractivity contribution in [3.05, 3.63) is 42.2 Å². The summed E-state index contributed by atoms with van der Waals surface area (Å²) in [5, 5.41) is 9.54. The second-order valence-corrected chi connectivity index (χ2v) is 6.84. The molecule has 1 aromatic carbocycles. The Bertz CT molecular complexity index is 949. The average Bonchev–Trinajstić information content (AvgIpc) is 3.19. The number of aliphatic hydroxyl groups excluding tert-OH is 1. The Morgan fingerprint density at radius 3 is 2.96 bits per heavy atom. The number of H-pyrrole nitrogens is 1. The number of hydrogen-bond donors (Lipinski definition) is 2. The van der Waals surface area contributed by atoms with Crippen molar-refractivity contribution in [1.29, 1.82) is 0 Å². The summed E-state index contributed by atoms with van der Waals surface area (Å²) in [6.07, 6.45) is 3.72. The third kappa shape index (κ3) is 3.63. The highest BCUT2D eigenvalue weighted by atomic mass is 19.1. The number of fused-ring (bicyclic) bond motifs is 1. The molecule has 28 heavy (non-hydrogen) atoms. The first-order valence-corrected chi connectivity index (χ1v) is 9.26. The molecule has 0 saturated carbocycles. The van der Waals surface area contributed by atoms with E-state index in [-0.39, 0.29) is 18.5 Å². The number of rotatable bonds is 6. The summed E-state index contributed by atoms with van der Waals surface area (Å²) in [6.45, 7) is 2.71. The van der Waals surface area contributed by atoms with Gasteiger partial charge in [0.25, 0.3) is 0 Å². The van der Waals surface area contributed by atoms with Gasteiger partial charge in [0.1, 0.15) is 23.4 Å². The van der Waals surface area contributed by atoms with Crippen molar-refractivity contribution in [2.24, 2.45) is 0 Å². The van der Waals surface area contributed by atoms with Crippen molar-refractivity contribution >= 4 is 17.0 Å². The molecule has 1 atom stereocenters. The van der Waals surface area contributed by atoms with Gasteiger partial charge in [-0.2, -0.15) is 0 Å². The van der Waals surface area contributed by atoms with Crippen LogP contribution < -0.4 is 9.64 Å². The van der Waals surface area contributed by atoms with Crippen LogP contribution in [0, 0.1) is 5.82 Å². The Kier molecular flexibility index (Phi) is 5.36. The number of nitrogens with one attached hydrogen (secondary N) is 1. The predicted molar refractivity (Wildman–Crippen MR) is 103 cm³/mol. The highest BCUT2D eigenvalue weighted by Crippen LogP contribution is 2.26. The first-order chi connectivity index (χ1) is 13.7. The smallest absolute Gasteiger partial charge is 0.182 e. The molecule has 1 saturated heterocycles. The van der Waals surface area contributed by atoms with Gasteiger partial charge in [0.05, 0.1) is 13.4 Å². The topological polar surface area (TPSA) is 90.4 Å². The maximum Gasteiger partial charge on any atom is 0.182 e. The number of aromatic nitrogens is 4. The fraction of sp³-hybridized carbons (Fsp3) is 0.421. The minimum Gasteiger partial charge on any atom is -0.497 e. The summed E-state index contributed by atoms with van der Waals surface area (Å²) >= 11 is 0. The number of halogens is 1. The molecule has 2 aromatic heterocycles. The highest BCUT2D eigenvalue weighted by molar-refractivity contribution is 5.82. The summed E-state index contributed by atoms with van der Waals surface area (Å²) in [6, 6.07) is 5.01. The minimum atomic E-state index is -0.278. The van der Waals surface area contributed by atoms with E-state index in [0.717, 1.165) is 24.4 Å². The fourth-order valence-electron chi connectivity index (χ4n) is 3.71. The Labute approximate surface area is 162 Å². The number of hydrogen-bond acceptors (Lipinski definition) is 7. The predicted octanol–water partition coefficient (Wildman–Crippen LogP) is 1.57. The molecule has 0 radical (unpaired) electrons. The lowest BCUT2D eigenvalue weighted by molar-refractivity contribution is 0.134. The van der Waals surface area contributed by atoms with E-state index in [1.165, 1.54) is 19.5 Å². The average molecular weight is 386 g/mol. The SMILES string of the molecule is COc1ccc(CN2CCN(c3ncnc4nc[nH]c34)CC2CCO)c(F)c1. The quantitative estimate of drug-likeness (QED) is 0.665. The molecule has 1 unspecified atom stereocenters. The normalized spacial score (nSPS) is 18.0. The van der Waals surface area contributed by atoms with E-state index in [9.17, 15) is 9.50 Å². The summed E-state index contributed by atoms with van der Waals surface area (Å²) in [7, 11) is 1.52. The van der Waals surface area contributed by atoms with Crippen LogP contribution >= 0.6 is 0 Å². The number of aromatic amines is 1. The van der Waals surface area contributed by atoms with Crippen molar-refractivity contribution in [2.45, 2.75) is 19.0 Å². The molecule has 0 aliphatic carbocycles. The Balaban J connectivity index is 1.53. The molecule has 3 heterocycles. The zero-order valence-electron chi connectivity index (χ0n) is 15.7. The van der Waals surface area contributed by atoms with E-state index < -0.39 is 0 Å². The molecule has 2 N–H and O–H groups in total. The molecule has 0 bridgehead atoms. The van der Waals surface area contributed by atoms with E-state index >= 15 is 0 Å². The Morgan fingerprint density at radius 1 is 1.29 bits per heavy atom. The highest BCUT2D eigenvalue weighted by Gasteiger charge is 2.29. The summed E-state index contributed by atoms with van der Waals surface area (Å²) in [4.78, 5) is 20.3. The van der Waals surface area contributed by atoms with Crippen LogP contribution in [0.3, 0.4) is 0 Å². The van der Waals surface area contributed by atoms with Crippen LogP contribution in [-0.4, -0.2) is 69.3 Å². The van der Waals surface area contributed by atoms with E-state index in [2.05, 4.69) is 29.7 Å². The van der Waals surface area contributed by atoms with Crippen molar-refractivity contribution in [3.8, 4) is 5.75 Å². The van der Waals surface area contributed by atoms with Crippen LogP contribution in [0.1, 0.15) is 12.0 Å². The summed E-state index contributed by atoms with van der Waals surface area (Å²) < 4.78 is 19.5. The van der Waals surface area contributed by atoms with Gasteiger partial charge in [0.15, 0.2) is 11.5 Å². The largest absolute Gasteiger partial charge is 0.497 e. The van der Waals surface area contributed by atoms with Crippen molar-refractivity contribution in [1.82, 2.24) is 24.8 Å². The number of aliphatic hydroxyl groups is 1. The number of benzene rings is 1. The lowest BCUT2D eigenvalue weighted by Crippen LogP contribution is -2.53. The molecular weight excluding hydrogens is 363 g/mol. The van der Waals surface area contributed by atoms with Gasteiger partial charge in [-0.05, 0) is 12.5 Å². The van der Waals surface area contributed by atoms with Crippen LogP contribution in [0.4, 0.5) is 10.2 Å². The Morgan fingerprint density at radius 2 is 2.18 bits per heavy atom. The zero-order chi connectivity index (χ0) is 19.5. The van der Waals surface area contributed by atoms with Gasteiger partial charge in [0, 0.05) is 50.5 Å². The molecule has 1 aliphatic heterocycles. The standard InChI is InChI=1S/C19H23FN6O2/c1-28-15-3-2-13(16(20)8-15)9-25-5-6-26(10-14(25)4-7-27)19-17-18(22-11-21-17)23-12-24-19/h2-3,8,11-12,14,27H,4-7,9-10H2,1H3,(H,21,22,23,24). The number of nitrogens with zero attached hydrogens (tertiary/aromatic N) is 5. The lowest BCUT2D eigenvalue weighted by atomic mass is 10.1. The third-order valence-corrected chi connectivity index (χ3v) is 5.20. The summed E-state index contributed by atoms with van der Waals surface area (Å²) in [5.41, 5.74) is 2.06. The van der Waals surface area contributed by atoms with Crippen LogP contribution in [0.25, 0.3) is 11.2 Å². The molecule has 1 fully saturated rings. The van der Waals surface area contributed by atoms with Crippen molar-refractivity contribution in [3.63, 3.8) is 0 Å².